The maximum Gasteiger partial charge on any atom is 0.325 e. The molecule has 1 aromatic heterocycles. The first-order valence-electron chi connectivity index (χ1n) is 6.39. The summed E-state index contributed by atoms with van der Waals surface area (Å²) in [5, 5.41) is 1.04. The van der Waals surface area contributed by atoms with Crippen LogP contribution in [0.2, 0.25) is 0 Å². The van der Waals surface area contributed by atoms with E-state index in [1.807, 2.05) is 44.2 Å². The molecule has 5 heteroatoms. The van der Waals surface area contributed by atoms with Gasteiger partial charge in [0.15, 0.2) is 0 Å². The molecule has 0 aliphatic carbocycles. The molecule has 1 heterocycles. The average molecular weight is 291 g/mol. The molecule has 0 spiro atoms. The molecule has 0 N–H and O–H groups in total. The summed E-state index contributed by atoms with van der Waals surface area (Å²) in [6.07, 6.45) is 0. The fourth-order valence-electron chi connectivity index (χ4n) is 1.92. The number of methoxy groups -OCH3 is 1. The van der Waals surface area contributed by atoms with E-state index >= 15 is 0 Å². The third-order valence-electron chi connectivity index (χ3n) is 3.05. The highest BCUT2D eigenvalue weighted by atomic mass is 32.1. The van der Waals surface area contributed by atoms with Crippen LogP contribution < -0.4 is 0 Å². The molecule has 0 fully saturated rings. The van der Waals surface area contributed by atoms with E-state index in [1.54, 1.807) is 0 Å². The maximum atomic E-state index is 12.5. The number of amides is 1. The molecule has 0 unspecified atom stereocenters. The summed E-state index contributed by atoms with van der Waals surface area (Å²) in [5.41, 5.74) is 0. The Morgan fingerprint density at radius 1 is 1.30 bits per heavy atom. The first-order valence-corrected chi connectivity index (χ1v) is 7.21. The van der Waals surface area contributed by atoms with Crippen LogP contribution >= 0.6 is 11.3 Å². The molecule has 4 nitrogen and oxygen atoms in total. The number of carbonyl (C=O) groups is 2. The predicted octanol–water partition coefficient (Wildman–Crippen LogP) is 2.92. The summed E-state index contributed by atoms with van der Waals surface area (Å²) in [7, 11) is 1.32. The fraction of sp³-hybridized carbons (Fsp3) is 0.333. The van der Waals surface area contributed by atoms with Crippen molar-refractivity contribution in [2.45, 2.75) is 19.9 Å². The first-order chi connectivity index (χ1) is 9.52. The SMILES string of the molecule is COC(=O)CN(C(=O)c1cc2ccccc2s1)C(C)C. The van der Waals surface area contributed by atoms with Gasteiger partial charge in [-0.15, -0.1) is 11.3 Å². The molecule has 0 saturated heterocycles. The zero-order valence-corrected chi connectivity index (χ0v) is 12.6. The van der Waals surface area contributed by atoms with Crippen LogP contribution in [0.3, 0.4) is 0 Å². The topological polar surface area (TPSA) is 46.6 Å². The number of benzene rings is 1. The van der Waals surface area contributed by atoms with Crippen molar-refractivity contribution in [2.75, 3.05) is 13.7 Å². The highest BCUT2D eigenvalue weighted by Crippen LogP contribution is 2.26. The van der Waals surface area contributed by atoms with E-state index in [0.29, 0.717) is 4.88 Å². The number of fused-ring (bicyclic) bond motifs is 1. The second-order valence-electron chi connectivity index (χ2n) is 4.75. The van der Waals surface area contributed by atoms with Gasteiger partial charge in [-0.25, -0.2) is 0 Å². The Hall–Kier alpha value is -1.88. The third kappa shape index (κ3) is 2.99. The van der Waals surface area contributed by atoms with Gasteiger partial charge in [-0.3, -0.25) is 9.59 Å². The van der Waals surface area contributed by atoms with Gasteiger partial charge in [-0.05, 0) is 31.4 Å². The summed E-state index contributed by atoms with van der Waals surface area (Å²) in [6.45, 7) is 3.74. The zero-order valence-electron chi connectivity index (χ0n) is 11.8. The van der Waals surface area contributed by atoms with Crippen LogP contribution in [0.1, 0.15) is 23.5 Å². The number of hydrogen-bond acceptors (Lipinski definition) is 4. The number of hydrogen-bond donors (Lipinski definition) is 0. The van der Waals surface area contributed by atoms with Gasteiger partial charge in [0.05, 0.1) is 12.0 Å². The van der Waals surface area contributed by atoms with Crippen LogP contribution in [0.15, 0.2) is 30.3 Å². The Morgan fingerprint density at radius 2 is 2.00 bits per heavy atom. The lowest BCUT2D eigenvalue weighted by atomic mass is 10.2. The van der Waals surface area contributed by atoms with E-state index in [2.05, 4.69) is 4.74 Å². The fourth-order valence-corrected chi connectivity index (χ4v) is 2.94. The number of esters is 1. The molecule has 0 atom stereocenters. The molecule has 20 heavy (non-hydrogen) atoms. The number of nitrogens with zero attached hydrogens (tertiary/aromatic N) is 1. The molecule has 1 aromatic carbocycles. The molecule has 0 aliphatic heterocycles. The van der Waals surface area contributed by atoms with Crippen LogP contribution in [-0.4, -0.2) is 36.5 Å². The Bertz CT molecular complexity index is 600. The van der Waals surface area contributed by atoms with Crippen molar-refractivity contribution >= 4 is 33.3 Å². The lowest BCUT2D eigenvalue weighted by Crippen LogP contribution is -2.40. The van der Waals surface area contributed by atoms with E-state index in [0.717, 1.165) is 10.1 Å². The molecule has 0 saturated carbocycles. The van der Waals surface area contributed by atoms with Crippen molar-refractivity contribution in [3.63, 3.8) is 0 Å². The summed E-state index contributed by atoms with van der Waals surface area (Å²) in [6, 6.07) is 9.65. The highest BCUT2D eigenvalue weighted by Gasteiger charge is 2.23. The van der Waals surface area contributed by atoms with Gasteiger partial charge in [-0.1, -0.05) is 18.2 Å². The predicted molar refractivity (Wildman–Crippen MR) is 80.0 cm³/mol. The van der Waals surface area contributed by atoms with Crippen molar-refractivity contribution in [3.05, 3.63) is 35.2 Å². The largest absolute Gasteiger partial charge is 0.468 e. The molecular formula is C15H17NO3S. The monoisotopic (exact) mass is 291 g/mol. The number of rotatable bonds is 4. The maximum absolute atomic E-state index is 12.5. The van der Waals surface area contributed by atoms with Crippen molar-refractivity contribution in [3.8, 4) is 0 Å². The summed E-state index contributed by atoms with van der Waals surface area (Å²) in [4.78, 5) is 26.1. The van der Waals surface area contributed by atoms with Crippen LogP contribution in [0.25, 0.3) is 10.1 Å². The molecule has 106 valence electrons. The normalized spacial score (nSPS) is 10.8. The van der Waals surface area contributed by atoms with Crippen molar-refractivity contribution in [2.24, 2.45) is 0 Å². The van der Waals surface area contributed by atoms with Gasteiger partial charge in [0.25, 0.3) is 5.91 Å². The molecule has 0 aliphatic rings. The van der Waals surface area contributed by atoms with E-state index in [-0.39, 0.29) is 18.5 Å². The number of ether oxygens (including phenoxy) is 1. The van der Waals surface area contributed by atoms with Crippen molar-refractivity contribution in [1.29, 1.82) is 0 Å². The molecule has 0 bridgehead atoms. The molecule has 2 rings (SSSR count). The van der Waals surface area contributed by atoms with Gasteiger partial charge >= 0.3 is 5.97 Å². The van der Waals surface area contributed by atoms with Gasteiger partial charge in [-0.2, -0.15) is 0 Å². The number of thiophene rings is 1. The number of carbonyl (C=O) groups excluding carboxylic acids is 2. The smallest absolute Gasteiger partial charge is 0.325 e. The Kier molecular flexibility index (Phi) is 4.39. The van der Waals surface area contributed by atoms with E-state index in [4.69, 9.17) is 0 Å². The third-order valence-corrected chi connectivity index (χ3v) is 4.15. The van der Waals surface area contributed by atoms with Crippen LogP contribution in [0.5, 0.6) is 0 Å². The van der Waals surface area contributed by atoms with Crippen LogP contribution in [0, 0.1) is 0 Å². The van der Waals surface area contributed by atoms with Gasteiger partial charge in [0.2, 0.25) is 0 Å². The van der Waals surface area contributed by atoms with E-state index < -0.39 is 5.97 Å². The standard InChI is InChI=1S/C15H17NO3S/c1-10(2)16(9-14(17)19-3)15(18)13-8-11-6-4-5-7-12(11)20-13/h4-8,10H,9H2,1-3H3. The van der Waals surface area contributed by atoms with Gasteiger partial charge in [0.1, 0.15) is 6.54 Å². The van der Waals surface area contributed by atoms with Crippen molar-refractivity contribution in [1.82, 2.24) is 4.90 Å². The first kappa shape index (κ1) is 14.5. The zero-order chi connectivity index (χ0) is 14.7. The minimum absolute atomic E-state index is 0.0265. The quantitative estimate of drug-likeness (QED) is 0.814. The lowest BCUT2D eigenvalue weighted by molar-refractivity contribution is -0.141. The van der Waals surface area contributed by atoms with Crippen LogP contribution in [0.4, 0.5) is 0 Å². The second kappa shape index (κ2) is 6.05. The van der Waals surface area contributed by atoms with E-state index in [9.17, 15) is 9.59 Å². The summed E-state index contributed by atoms with van der Waals surface area (Å²) < 4.78 is 5.71. The molecular weight excluding hydrogens is 274 g/mol. The van der Waals surface area contributed by atoms with Gasteiger partial charge in [0, 0.05) is 10.7 Å². The second-order valence-corrected chi connectivity index (χ2v) is 5.84. The minimum atomic E-state index is -0.409. The Morgan fingerprint density at radius 3 is 2.60 bits per heavy atom. The highest BCUT2D eigenvalue weighted by molar-refractivity contribution is 7.20. The Labute approximate surface area is 122 Å². The van der Waals surface area contributed by atoms with Crippen molar-refractivity contribution < 1.29 is 14.3 Å². The Balaban J connectivity index is 2.28. The average Bonchev–Trinajstić information content (AvgIpc) is 2.87. The van der Waals surface area contributed by atoms with E-state index in [1.165, 1.54) is 23.3 Å². The van der Waals surface area contributed by atoms with Crippen LogP contribution in [-0.2, 0) is 9.53 Å². The van der Waals surface area contributed by atoms with Gasteiger partial charge < -0.3 is 9.64 Å². The summed E-state index contributed by atoms with van der Waals surface area (Å²) >= 11 is 1.44. The minimum Gasteiger partial charge on any atom is -0.468 e. The lowest BCUT2D eigenvalue weighted by Gasteiger charge is -2.24. The molecule has 2 aromatic rings. The molecule has 0 radical (unpaired) electrons. The molecule has 1 amide bonds. The summed E-state index contributed by atoms with van der Waals surface area (Å²) in [5.74, 6) is -0.542.